The van der Waals surface area contributed by atoms with Gasteiger partial charge in [0.15, 0.2) is 0 Å². The molecule has 0 unspecified atom stereocenters. The van der Waals surface area contributed by atoms with Crippen LogP contribution in [0.5, 0.6) is 5.75 Å². The quantitative estimate of drug-likeness (QED) is 0.212. The normalized spacial score (nSPS) is 13.0. The van der Waals surface area contributed by atoms with Gasteiger partial charge in [-0.05, 0) is 72.0 Å². The van der Waals surface area contributed by atoms with Crippen LogP contribution in [-0.4, -0.2) is 33.1 Å². The molecule has 0 bridgehead atoms. The molecule has 0 radical (unpaired) electrons. The summed E-state index contributed by atoms with van der Waals surface area (Å²) in [4.78, 5) is -0.521. The minimum Gasteiger partial charge on any atom is -0.495 e. The van der Waals surface area contributed by atoms with Crippen molar-refractivity contribution < 1.29 is 35.2 Å². The van der Waals surface area contributed by atoms with Gasteiger partial charge in [0.05, 0.1) is 12.0 Å². The van der Waals surface area contributed by atoms with Crippen molar-refractivity contribution in [2.75, 3.05) is 7.11 Å². The first kappa shape index (κ1) is 28.0. The van der Waals surface area contributed by atoms with Crippen LogP contribution in [0.4, 0.5) is 0 Å². The van der Waals surface area contributed by atoms with Gasteiger partial charge in [0.25, 0.3) is 20.2 Å². The van der Waals surface area contributed by atoms with Crippen LogP contribution in [0.3, 0.4) is 0 Å². The summed E-state index contributed by atoms with van der Waals surface area (Å²) in [6.07, 6.45) is 3.41. The maximum Gasteiger partial charge on any atom is 0.298 e. The van der Waals surface area contributed by atoms with E-state index in [1.165, 1.54) is 36.9 Å². The van der Waals surface area contributed by atoms with Crippen LogP contribution in [0.25, 0.3) is 33.6 Å². The number of aromatic nitrogens is 1. The zero-order valence-electron chi connectivity index (χ0n) is 22.2. The average molecular weight is 581 g/mol. The number of nitrogens with zero attached hydrogens (tertiary/aromatic N) is 1. The van der Waals surface area contributed by atoms with Crippen LogP contribution in [0.15, 0.2) is 82.6 Å². The number of hydrogen-bond acceptors (Lipinski definition) is 5. The highest BCUT2D eigenvalue weighted by atomic mass is 32.2. The fraction of sp³-hybridized carbons (Fsp3) is 0.233. The van der Waals surface area contributed by atoms with Gasteiger partial charge in [-0.2, -0.15) is 21.4 Å². The van der Waals surface area contributed by atoms with E-state index in [0.29, 0.717) is 12.1 Å². The molecule has 4 aromatic rings. The van der Waals surface area contributed by atoms with Crippen LogP contribution in [-0.2, 0) is 39.6 Å². The maximum absolute atomic E-state index is 12.2. The maximum atomic E-state index is 12.2. The lowest BCUT2D eigenvalue weighted by Crippen LogP contribution is -2.41. The van der Waals surface area contributed by atoms with Crippen molar-refractivity contribution in [1.29, 1.82) is 0 Å². The highest BCUT2D eigenvalue weighted by Crippen LogP contribution is 2.40. The van der Waals surface area contributed by atoms with Gasteiger partial charge in [-0.15, -0.1) is 0 Å². The Morgan fingerprint density at radius 3 is 2.17 bits per heavy atom. The summed E-state index contributed by atoms with van der Waals surface area (Å²) in [5.41, 5.74) is 7.31. The van der Waals surface area contributed by atoms with Gasteiger partial charge in [-0.3, -0.25) is 9.11 Å². The number of unbranched alkanes of at least 4 members (excludes halogenated alkanes) is 1. The molecule has 1 aliphatic rings. The number of fused-ring (bicyclic) bond motifs is 3. The third-order valence-electron chi connectivity index (χ3n) is 7.31. The van der Waals surface area contributed by atoms with E-state index >= 15 is 0 Å². The van der Waals surface area contributed by atoms with E-state index in [4.69, 9.17) is 4.74 Å². The Morgan fingerprint density at radius 2 is 1.52 bits per heavy atom. The zero-order chi connectivity index (χ0) is 28.7. The lowest BCUT2D eigenvalue weighted by molar-refractivity contribution is -0.676. The Hall–Kier alpha value is -3.57. The number of hydrogen-bond donors (Lipinski definition) is 2. The van der Waals surface area contributed by atoms with E-state index < -0.39 is 20.2 Å². The number of rotatable bonds is 8. The van der Waals surface area contributed by atoms with Gasteiger partial charge in [0, 0.05) is 29.2 Å². The Balaban J connectivity index is 1.86. The number of pyridine rings is 1. The first-order valence-electron chi connectivity index (χ1n) is 12.9. The van der Waals surface area contributed by atoms with E-state index in [9.17, 15) is 25.9 Å². The summed E-state index contributed by atoms with van der Waals surface area (Å²) >= 11 is 0. The van der Waals surface area contributed by atoms with Crippen molar-refractivity contribution in [3.63, 3.8) is 0 Å². The Morgan fingerprint density at radius 1 is 0.825 bits per heavy atom. The molecule has 0 saturated carbocycles. The molecule has 0 amide bonds. The van der Waals surface area contributed by atoms with Crippen molar-refractivity contribution in [3.05, 3.63) is 83.9 Å². The van der Waals surface area contributed by atoms with Crippen molar-refractivity contribution in [3.8, 4) is 39.4 Å². The molecule has 0 aliphatic heterocycles. The van der Waals surface area contributed by atoms with E-state index in [-0.39, 0.29) is 15.5 Å². The summed E-state index contributed by atoms with van der Waals surface area (Å²) in [6.45, 7) is 2.83. The smallest absolute Gasteiger partial charge is 0.298 e. The molecule has 40 heavy (non-hydrogen) atoms. The van der Waals surface area contributed by atoms with Crippen molar-refractivity contribution >= 4 is 20.2 Å². The molecule has 5 rings (SSSR count). The number of ether oxygens (including phenoxy) is 1. The zero-order valence-corrected chi connectivity index (χ0v) is 23.8. The second-order valence-corrected chi connectivity index (χ2v) is 12.6. The van der Waals surface area contributed by atoms with Crippen LogP contribution in [0.2, 0.25) is 0 Å². The van der Waals surface area contributed by atoms with Crippen molar-refractivity contribution in [2.45, 2.75) is 48.9 Å². The van der Waals surface area contributed by atoms with Crippen LogP contribution >= 0.6 is 0 Å². The Bertz CT molecular complexity index is 1810. The van der Waals surface area contributed by atoms with Gasteiger partial charge >= 0.3 is 0 Å². The first-order chi connectivity index (χ1) is 19.0. The lowest BCUT2D eigenvalue weighted by Gasteiger charge is -2.23. The molecule has 0 saturated heterocycles. The van der Waals surface area contributed by atoms with Gasteiger partial charge in [-0.1, -0.05) is 37.6 Å². The van der Waals surface area contributed by atoms with E-state index in [1.807, 2.05) is 18.2 Å². The number of methoxy groups -OCH3 is 1. The third kappa shape index (κ3) is 5.27. The van der Waals surface area contributed by atoms with Gasteiger partial charge in [0.1, 0.15) is 17.2 Å². The second-order valence-electron chi connectivity index (χ2n) is 9.77. The van der Waals surface area contributed by atoms with Gasteiger partial charge < -0.3 is 4.74 Å². The molecule has 3 aromatic carbocycles. The molecule has 1 aliphatic carbocycles. The predicted octanol–water partition coefficient (Wildman–Crippen LogP) is 5.38. The third-order valence-corrected chi connectivity index (χ3v) is 9.05. The molecule has 0 fully saturated rings. The largest absolute Gasteiger partial charge is 0.495 e. The minimum atomic E-state index is -4.56. The highest BCUT2D eigenvalue weighted by Gasteiger charge is 2.32. The van der Waals surface area contributed by atoms with Crippen molar-refractivity contribution in [2.24, 2.45) is 0 Å². The van der Waals surface area contributed by atoms with Crippen LogP contribution in [0, 0.1) is 0 Å². The second kappa shape index (κ2) is 10.8. The first-order valence-corrected chi connectivity index (χ1v) is 15.8. The molecule has 0 atom stereocenters. The van der Waals surface area contributed by atoms with Gasteiger partial charge in [-0.25, -0.2) is 0 Å². The minimum absolute atomic E-state index is 0.0421. The lowest BCUT2D eigenvalue weighted by atomic mass is 9.83. The van der Waals surface area contributed by atoms with Crippen molar-refractivity contribution in [1.82, 2.24) is 0 Å². The monoisotopic (exact) mass is 580 g/mol. The predicted molar refractivity (Wildman–Crippen MR) is 151 cm³/mol. The fourth-order valence-corrected chi connectivity index (χ4v) is 6.55. The molecule has 1 heterocycles. The Kier molecular flexibility index (Phi) is 7.54. The Labute approximate surface area is 234 Å². The summed E-state index contributed by atoms with van der Waals surface area (Å²) in [5.74, 6) is 0.0421. The molecule has 2 N–H and O–H groups in total. The molecular weight excluding hydrogens is 550 g/mol. The number of benzene rings is 3. The van der Waals surface area contributed by atoms with E-state index in [2.05, 4.69) is 23.6 Å². The molecule has 8 nitrogen and oxygen atoms in total. The SMILES string of the molecule is CCCC[n+]1c(-c2ccc(S(=O)(=O)O)cc2)cc(-c2ccc(OC)c(S(=O)(=O)O)c2)c2c1-c1ccccc1CC2. The standard InChI is InChI=1S/C30H29NO7S2/c1-3-4-17-31-27(21-9-13-23(14-10-21)39(32,33)34)19-26(22-12-16-28(38-2)29(18-22)40(35,36)37)25-15-11-20-7-5-6-8-24(20)30(25)31/h5-10,12-14,16,18-19H,3-4,11,15,17H2,1-2H3,(H-,32,33,34,35,36,37)/p+1. The van der Waals surface area contributed by atoms with E-state index in [1.54, 1.807) is 18.2 Å². The molecule has 208 valence electrons. The fourth-order valence-electron chi connectivity index (χ4n) is 5.39. The average Bonchev–Trinajstić information content (AvgIpc) is 2.94. The van der Waals surface area contributed by atoms with Gasteiger partial charge in [0.2, 0.25) is 11.4 Å². The molecule has 1 aromatic heterocycles. The van der Waals surface area contributed by atoms with E-state index in [0.717, 1.165) is 59.3 Å². The summed E-state index contributed by atoms with van der Waals surface area (Å²) in [5, 5.41) is 0. The summed E-state index contributed by atoms with van der Waals surface area (Å²) in [6, 6.07) is 21.0. The van der Waals surface area contributed by atoms with Crippen LogP contribution in [0.1, 0.15) is 30.9 Å². The molecule has 10 heteroatoms. The number of aryl methyl sites for hydroxylation is 1. The van der Waals surface area contributed by atoms with Crippen LogP contribution < -0.4 is 9.30 Å². The molecular formula is C30H30NO7S2+. The molecule has 0 spiro atoms. The topological polar surface area (TPSA) is 122 Å². The highest BCUT2D eigenvalue weighted by molar-refractivity contribution is 7.86. The summed E-state index contributed by atoms with van der Waals surface area (Å²) in [7, 11) is -7.57. The summed E-state index contributed by atoms with van der Waals surface area (Å²) < 4.78 is 74.7.